The number of benzene rings is 1. The summed E-state index contributed by atoms with van der Waals surface area (Å²) in [7, 11) is 0. The molecular weight excluding hydrogens is 212 g/mol. The zero-order valence-electron chi connectivity index (χ0n) is 8.10. The van der Waals surface area contributed by atoms with E-state index in [1.807, 2.05) is 12.1 Å². The number of primary amides is 1. The van der Waals surface area contributed by atoms with E-state index in [-0.39, 0.29) is 12.6 Å². The molecule has 15 heavy (non-hydrogen) atoms. The highest BCUT2D eigenvalue weighted by Crippen LogP contribution is 2.37. The summed E-state index contributed by atoms with van der Waals surface area (Å²) in [6, 6.07) is 8.29. The lowest BCUT2D eigenvalue weighted by molar-refractivity contribution is -0.125. The van der Waals surface area contributed by atoms with Crippen LogP contribution in [0.3, 0.4) is 0 Å². The van der Waals surface area contributed by atoms with Crippen molar-refractivity contribution in [3.8, 4) is 0 Å². The normalized spacial score (nSPS) is 18.8. The summed E-state index contributed by atoms with van der Waals surface area (Å²) in [5, 5.41) is 0. The molecule has 2 rings (SSSR count). The predicted octanol–water partition coefficient (Wildman–Crippen LogP) is 0.840. The number of amides is 1. The highest BCUT2D eigenvalue weighted by atomic mass is 32.2. The van der Waals surface area contributed by atoms with Crippen molar-refractivity contribution in [1.82, 2.24) is 5.48 Å². The number of carbonyl (C=O) groups excluding carboxylic acids is 1. The zero-order chi connectivity index (χ0) is 10.7. The first-order valence-corrected chi connectivity index (χ1v) is 5.63. The molecular formula is C10H12N2O2S. The summed E-state index contributed by atoms with van der Waals surface area (Å²) in [6.45, 7) is -0.0939. The van der Waals surface area contributed by atoms with Gasteiger partial charge >= 0.3 is 0 Å². The van der Waals surface area contributed by atoms with Crippen LogP contribution in [0.4, 0.5) is 0 Å². The van der Waals surface area contributed by atoms with Gasteiger partial charge in [0.05, 0.1) is 6.04 Å². The van der Waals surface area contributed by atoms with Crippen molar-refractivity contribution in [2.75, 3.05) is 12.4 Å². The highest BCUT2D eigenvalue weighted by Gasteiger charge is 2.22. The minimum atomic E-state index is -0.471. The average Bonchev–Trinajstić information content (AvgIpc) is 2.62. The monoisotopic (exact) mass is 224 g/mol. The molecule has 4 nitrogen and oxygen atoms in total. The fraction of sp³-hybridized carbons (Fsp3) is 0.300. The molecule has 3 N–H and O–H groups in total. The van der Waals surface area contributed by atoms with Crippen LogP contribution in [0.2, 0.25) is 0 Å². The lowest BCUT2D eigenvalue weighted by Gasteiger charge is -2.11. The van der Waals surface area contributed by atoms with Crippen molar-refractivity contribution in [2.24, 2.45) is 5.73 Å². The van der Waals surface area contributed by atoms with E-state index in [2.05, 4.69) is 17.6 Å². The standard InChI is InChI=1S/C10H12N2O2S/c11-10(13)5-14-12-8-6-15-9-4-2-1-3-7(8)9/h1-4,8,12H,5-6H2,(H2,11,13). The Bertz CT molecular complexity index is 370. The smallest absolute Gasteiger partial charge is 0.245 e. The molecule has 0 bridgehead atoms. The van der Waals surface area contributed by atoms with Crippen molar-refractivity contribution in [3.05, 3.63) is 29.8 Å². The number of nitrogens with one attached hydrogen (secondary N) is 1. The third kappa shape index (κ3) is 2.50. The molecule has 1 amide bonds. The number of rotatable bonds is 4. The van der Waals surface area contributed by atoms with Crippen LogP contribution in [0, 0.1) is 0 Å². The maximum atomic E-state index is 10.5. The van der Waals surface area contributed by atoms with Crippen LogP contribution in [0.25, 0.3) is 0 Å². The molecule has 0 spiro atoms. The van der Waals surface area contributed by atoms with E-state index in [0.29, 0.717) is 0 Å². The van der Waals surface area contributed by atoms with Crippen molar-refractivity contribution < 1.29 is 9.63 Å². The van der Waals surface area contributed by atoms with Crippen molar-refractivity contribution in [3.63, 3.8) is 0 Å². The largest absolute Gasteiger partial charge is 0.368 e. The van der Waals surface area contributed by atoms with E-state index in [1.165, 1.54) is 10.5 Å². The summed E-state index contributed by atoms with van der Waals surface area (Å²) in [5.74, 6) is 0.444. The third-order valence-electron chi connectivity index (χ3n) is 2.14. The first kappa shape index (κ1) is 10.5. The number of hydrogen-bond acceptors (Lipinski definition) is 4. The first-order chi connectivity index (χ1) is 7.27. The zero-order valence-corrected chi connectivity index (χ0v) is 8.92. The number of fused-ring (bicyclic) bond motifs is 1. The van der Waals surface area contributed by atoms with E-state index in [1.54, 1.807) is 11.8 Å². The number of carbonyl (C=O) groups is 1. The maximum absolute atomic E-state index is 10.5. The number of thioether (sulfide) groups is 1. The number of hydroxylamine groups is 1. The second-order valence-corrected chi connectivity index (χ2v) is 4.34. The fourth-order valence-electron chi connectivity index (χ4n) is 1.47. The molecule has 5 heteroatoms. The summed E-state index contributed by atoms with van der Waals surface area (Å²) in [6.07, 6.45) is 0. The predicted molar refractivity (Wildman–Crippen MR) is 58.2 cm³/mol. The van der Waals surface area contributed by atoms with Crippen LogP contribution >= 0.6 is 11.8 Å². The molecule has 0 radical (unpaired) electrons. The quantitative estimate of drug-likeness (QED) is 0.744. The van der Waals surface area contributed by atoms with Crippen LogP contribution in [0.1, 0.15) is 11.6 Å². The van der Waals surface area contributed by atoms with Gasteiger partial charge in [-0.25, -0.2) is 0 Å². The second-order valence-electron chi connectivity index (χ2n) is 3.27. The Morgan fingerprint density at radius 2 is 2.40 bits per heavy atom. The van der Waals surface area contributed by atoms with E-state index < -0.39 is 5.91 Å². The van der Waals surface area contributed by atoms with Gasteiger partial charge in [0.15, 0.2) is 0 Å². The van der Waals surface area contributed by atoms with Gasteiger partial charge in [-0.2, -0.15) is 5.48 Å². The van der Waals surface area contributed by atoms with E-state index >= 15 is 0 Å². The van der Waals surface area contributed by atoms with Crippen LogP contribution < -0.4 is 11.2 Å². The molecule has 1 aromatic carbocycles. The third-order valence-corrected chi connectivity index (χ3v) is 3.32. The molecule has 0 saturated carbocycles. The van der Waals surface area contributed by atoms with E-state index in [9.17, 15) is 4.79 Å². The Balaban J connectivity index is 1.93. The molecule has 1 aliphatic heterocycles. The van der Waals surface area contributed by atoms with Gasteiger partial charge in [0, 0.05) is 10.6 Å². The molecule has 1 aliphatic rings. The Morgan fingerprint density at radius 1 is 1.60 bits per heavy atom. The van der Waals surface area contributed by atoms with Gasteiger partial charge in [-0.3, -0.25) is 9.63 Å². The fourth-order valence-corrected chi connectivity index (χ4v) is 2.62. The number of nitrogens with two attached hydrogens (primary N) is 1. The van der Waals surface area contributed by atoms with E-state index in [0.717, 1.165) is 5.75 Å². The van der Waals surface area contributed by atoms with Gasteiger partial charge in [0.25, 0.3) is 0 Å². The topological polar surface area (TPSA) is 64.4 Å². The molecule has 1 heterocycles. The van der Waals surface area contributed by atoms with Crippen LogP contribution in [-0.4, -0.2) is 18.3 Å². The first-order valence-electron chi connectivity index (χ1n) is 4.64. The minimum absolute atomic E-state index is 0.0939. The average molecular weight is 224 g/mol. The maximum Gasteiger partial charge on any atom is 0.245 e. The molecule has 1 aromatic rings. The van der Waals surface area contributed by atoms with Gasteiger partial charge in [-0.05, 0) is 11.6 Å². The minimum Gasteiger partial charge on any atom is -0.368 e. The highest BCUT2D eigenvalue weighted by molar-refractivity contribution is 7.99. The van der Waals surface area contributed by atoms with Gasteiger partial charge in [-0.15, -0.1) is 11.8 Å². The summed E-state index contributed by atoms with van der Waals surface area (Å²) >= 11 is 1.78. The molecule has 0 aliphatic carbocycles. The molecule has 1 unspecified atom stereocenters. The van der Waals surface area contributed by atoms with Gasteiger partial charge in [0.2, 0.25) is 5.91 Å². The Hall–Kier alpha value is -1.04. The molecule has 0 aromatic heterocycles. The molecule has 0 fully saturated rings. The molecule has 0 saturated heterocycles. The van der Waals surface area contributed by atoms with Gasteiger partial charge in [0.1, 0.15) is 6.61 Å². The van der Waals surface area contributed by atoms with Crippen LogP contribution in [0.5, 0.6) is 0 Å². The Labute approximate surface area is 92.1 Å². The van der Waals surface area contributed by atoms with Crippen molar-refractivity contribution in [2.45, 2.75) is 10.9 Å². The van der Waals surface area contributed by atoms with Gasteiger partial charge < -0.3 is 5.73 Å². The second kappa shape index (κ2) is 4.65. The molecule has 80 valence electrons. The van der Waals surface area contributed by atoms with Crippen LogP contribution in [-0.2, 0) is 9.63 Å². The SMILES string of the molecule is NC(=O)CONC1CSc2ccccc21. The van der Waals surface area contributed by atoms with Crippen LogP contribution in [0.15, 0.2) is 29.2 Å². The lowest BCUT2D eigenvalue weighted by Crippen LogP contribution is -2.27. The van der Waals surface area contributed by atoms with Crippen molar-refractivity contribution >= 4 is 17.7 Å². The summed E-state index contributed by atoms with van der Waals surface area (Å²) in [4.78, 5) is 16.7. The van der Waals surface area contributed by atoms with E-state index in [4.69, 9.17) is 10.6 Å². The molecule has 1 atom stereocenters. The summed E-state index contributed by atoms with van der Waals surface area (Å²) in [5.41, 5.74) is 9.02. The van der Waals surface area contributed by atoms with Gasteiger partial charge in [-0.1, -0.05) is 18.2 Å². The number of hydrogen-bond donors (Lipinski definition) is 2. The Kier molecular flexibility index (Phi) is 3.25. The van der Waals surface area contributed by atoms with Crippen molar-refractivity contribution in [1.29, 1.82) is 0 Å². The lowest BCUT2D eigenvalue weighted by atomic mass is 10.1. The Morgan fingerprint density at radius 3 is 3.20 bits per heavy atom. The summed E-state index contributed by atoms with van der Waals surface area (Å²) < 4.78 is 0.